The molecule has 4 atom stereocenters. The second-order valence-corrected chi connectivity index (χ2v) is 13.1. The molecule has 1 aromatic rings. The van der Waals surface area contributed by atoms with Crippen LogP contribution in [0.1, 0.15) is 72.1 Å². The maximum atomic E-state index is 13.5. The van der Waals surface area contributed by atoms with Gasteiger partial charge in [-0.3, -0.25) is 9.59 Å². The number of benzene rings is 1. The molecule has 204 valence electrons. The summed E-state index contributed by atoms with van der Waals surface area (Å²) in [5.74, 6) is 1.72. The van der Waals surface area contributed by atoms with E-state index in [1.54, 1.807) is 7.11 Å². The highest BCUT2D eigenvalue weighted by Gasteiger charge is 2.62. The third-order valence-corrected chi connectivity index (χ3v) is 9.96. The number of ether oxygens (including phenoxy) is 1. The van der Waals surface area contributed by atoms with E-state index in [0.717, 1.165) is 69.5 Å². The van der Waals surface area contributed by atoms with E-state index in [1.807, 2.05) is 30.0 Å². The lowest BCUT2D eigenvalue weighted by Gasteiger charge is -2.51. The van der Waals surface area contributed by atoms with Gasteiger partial charge in [0.15, 0.2) is 0 Å². The van der Waals surface area contributed by atoms with Gasteiger partial charge < -0.3 is 25.0 Å². The fourth-order valence-electron chi connectivity index (χ4n) is 7.65. The van der Waals surface area contributed by atoms with Gasteiger partial charge in [0, 0.05) is 44.6 Å². The van der Waals surface area contributed by atoms with Gasteiger partial charge in [0.25, 0.3) is 0 Å². The second kappa shape index (κ2) is 9.79. The Kier molecular flexibility index (Phi) is 6.97. The first-order chi connectivity index (χ1) is 17.5. The van der Waals surface area contributed by atoms with Crippen LogP contribution in [0.5, 0.6) is 5.75 Å². The molecule has 1 aliphatic heterocycles. The van der Waals surface area contributed by atoms with Gasteiger partial charge in [-0.25, -0.2) is 0 Å². The molecule has 1 heterocycles. The van der Waals surface area contributed by atoms with Crippen molar-refractivity contribution in [3.8, 4) is 5.75 Å². The highest BCUT2D eigenvalue weighted by molar-refractivity contribution is 5.81. The normalized spacial score (nSPS) is 33.1. The number of rotatable bonds is 7. The number of piperazine rings is 1. The van der Waals surface area contributed by atoms with Crippen molar-refractivity contribution >= 4 is 17.5 Å². The summed E-state index contributed by atoms with van der Waals surface area (Å²) < 4.78 is 5.54. The van der Waals surface area contributed by atoms with Crippen LogP contribution in [0.2, 0.25) is 0 Å². The number of carbonyl (C=O) groups excluding carboxylic acids is 2. The molecule has 0 bridgehead atoms. The maximum Gasteiger partial charge on any atom is 0.223 e. The minimum atomic E-state index is -0.681. The Morgan fingerprint density at radius 3 is 2.43 bits per heavy atom. The third-order valence-electron chi connectivity index (χ3n) is 9.96. The lowest BCUT2D eigenvalue weighted by molar-refractivity contribution is -0.133. The van der Waals surface area contributed by atoms with Crippen molar-refractivity contribution in [2.24, 2.45) is 22.7 Å². The summed E-state index contributed by atoms with van der Waals surface area (Å²) in [5, 5.41) is 14.4. The molecule has 4 unspecified atom stereocenters. The fraction of sp³-hybridized carbons (Fsp3) is 0.733. The van der Waals surface area contributed by atoms with E-state index < -0.39 is 5.60 Å². The Morgan fingerprint density at radius 1 is 1.05 bits per heavy atom. The molecular formula is C30H45N3O4. The molecule has 1 aromatic carbocycles. The lowest BCUT2D eigenvalue weighted by Crippen LogP contribution is -2.53. The van der Waals surface area contributed by atoms with E-state index in [0.29, 0.717) is 19.5 Å². The second-order valence-electron chi connectivity index (χ2n) is 13.1. The van der Waals surface area contributed by atoms with Crippen LogP contribution in [-0.4, -0.2) is 66.8 Å². The SMILES string of the molecule is COc1ccccc1N1CCN(C(=O)CCC23CCC(C)(O)CC2C(C)(C)CC3NC(=O)C2CC2)CC1. The third kappa shape index (κ3) is 5.21. The first-order valence-corrected chi connectivity index (χ1v) is 14.2. The first kappa shape index (κ1) is 26.3. The van der Waals surface area contributed by atoms with E-state index in [2.05, 4.69) is 30.1 Å². The number of para-hydroxylation sites is 2. The Labute approximate surface area is 221 Å². The molecule has 4 aliphatic rings. The molecule has 37 heavy (non-hydrogen) atoms. The molecule has 0 radical (unpaired) electrons. The highest BCUT2D eigenvalue weighted by Crippen LogP contribution is 2.64. The van der Waals surface area contributed by atoms with Crippen LogP contribution in [0, 0.1) is 22.7 Å². The summed E-state index contributed by atoms with van der Waals surface area (Å²) >= 11 is 0. The Bertz CT molecular complexity index is 1010. The molecular weight excluding hydrogens is 466 g/mol. The molecule has 5 rings (SSSR count). The van der Waals surface area contributed by atoms with Crippen molar-refractivity contribution in [1.82, 2.24) is 10.2 Å². The van der Waals surface area contributed by atoms with Gasteiger partial charge in [-0.05, 0) is 80.8 Å². The molecule has 7 heteroatoms. The monoisotopic (exact) mass is 511 g/mol. The van der Waals surface area contributed by atoms with Gasteiger partial charge in [0.05, 0.1) is 18.4 Å². The largest absolute Gasteiger partial charge is 0.495 e. The van der Waals surface area contributed by atoms with Gasteiger partial charge in [-0.2, -0.15) is 0 Å². The standard InChI is InChI=1S/C30H45N3O4/c1-28(2)20-25(31-27(35)21-9-10-21)30(14-13-29(3,36)19-24(28)30)12-11-26(34)33-17-15-32(16-18-33)22-7-5-6-8-23(22)37-4/h5-8,21,24-25,36H,9-20H2,1-4H3,(H,31,35). The quantitative estimate of drug-likeness (QED) is 0.579. The first-order valence-electron chi connectivity index (χ1n) is 14.2. The smallest absolute Gasteiger partial charge is 0.223 e. The highest BCUT2D eigenvalue weighted by atomic mass is 16.5. The summed E-state index contributed by atoms with van der Waals surface area (Å²) in [5.41, 5.74) is 0.274. The molecule has 4 fully saturated rings. The molecule has 3 aliphatic carbocycles. The van der Waals surface area contributed by atoms with Crippen molar-refractivity contribution in [3.05, 3.63) is 24.3 Å². The van der Waals surface area contributed by atoms with Crippen LogP contribution in [0.3, 0.4) is 0 Å². The number of hydrogen-bond acceptors (Lipinski definition) is 5. The average Bonchev–Trinajstić information content (AvgIpc) is 3.70. The number of carbonyl (C=O) groups is 2. The zero-order chi connectivity index (χ0) is 26.4. The minimum absolute atomic E-state index is 0.00925. The van der Waals surface area contributed by atoms with E-state index in [4.69, 9.17) is 4.74 Å². The van der Waals surface area contributed by atoms with Crippen molar-refractivity contribution in [2.75, 3.05) is 38.2 Å². The summed E-state index contributed by atoms with van der Waals surface area (Å²) in [7, 11) is 1.70. The van der Waals surface area contributed by atoms with Crippen LogP contribution in [0.15, 0.2) is 24.3 Å². The van der Waals surface area contributed by atoms with Crippen molar-refractivity contribution in [1.29, 1.82) is 0 Å². The number of anilines is 1. The summed E-state index contributed by atoms with van der Waals surface area (Å²) in [6, 6.07) is 8.13. The van der Waals surface area contributed by atoms with E-state index in [-0.39, 0.29) is 40.5 Å². The van der Waals surface area contributed by atoms with E-state index in [9.17, 15) is 14.7 Å². The van der Waals surface area contributed by atoms with Crippen LogP contribution in [0.4, 0.5) is 5.69 Å². The predicted octanol–water partition coefficient (Wildman–Crippen LogP) is 3.99. The molecule has 7 nitrogen and oxygen atoms in total. The Hall–Kier alpha value is -2.28. The van der Waals surface area contributed by atoms with Gasteiger partial charge >= 0.3 is 0 Å². The van der Waals surface area contributed by atoms with Crippen molar-refractivity contribution in [3.63, 3.8) is 0 Å². The van der Waals surface area contributed by atoms with Crippen LogP contribution >= 0.6 is 0 Å². The number of nitrogens with zero attached hydrogens (tertiary/aromatic N) is 2. The molecule has 0 spiro atoms. The maximum absolute atomic E-state index is 13.5. The molecule has 2 N–H and O–H groups in total. The topological polar surface area (TPSA) is 82.1 Å². The number of amides is 2. The molecule has 3 saturated carbocycles. The van der Waals surface area contributed by atoms with Crippen molar-refractivity contribution < 1.29 is 19.4 Å². The van der Waals surface area contributed by atoms with Crippen LogP contribution < -0.4 is 15.0 Å². The summed E-state index contributed by atoms with van der Waals surface area (Å²) in [6.45, 7) is 9.51. The Morgan fingerprint density at radius 2 is 1.76 bits per heavy atom. The zero-order valence-corrected chi connectivity index (χ0v) is 23.1. The van der Waals surface area contributed by atoms with Crippen LogP contribution in [-0.2, 0) is 9.59 Å². The number of nitrogens with one attached hydrogen (secondary N) is 1. The summed E-state index contributed by atoms with van der Waals surface area (Å²) in [6.07, 6.45) is 6.50. The molecule has 0 aromatic heterocycles. The number of aliphatic hydroxyl groups is 1. The fourth-order valence-corrected chi connectivity index (χ4v) is 7.65. The van der Waals surface area contributed by atoms with Gasteiger partial charge in [0.2, 0.25) is 11.8 Å². The van der Waals surface area contributed by atoms with E-state index >= 15 is 0 Å². The number of fused-ring (bicyclic) bond motifs is 1. The molecule has 1 saturated heterocycles. The Balaban J connectivity index is 1.26. The van der Waals surface area contributed by atoms with E-state index in [1.165, 1.54) is 0 Å². The van der Waals surface area contributed by atoms with Gasteiger partial charge in [-0.1, -0.05) is 26.0 Å². The molecule has 2 amide bonds. The lowest BCUT2D eigenvalue weighted by atomic mass is 9.57. The zero-order valence-electron chi connectivity index (χ0n) is 23.1. The van der Waals surface area contributed by atoms with Crippen LogP contribution in [0.25, 0.3) is 0 Å². The average molecular weight is 512 g/mol. The van der Waals surface area contributed by atoms with Gasteiger partial charge in [-0.15, -0.1) is 0 Å². The number of methoxy groups -OCH3 is 1. The minimum Gasteiger partial charge on any atom is -0.495 e. The predicted molar refractivity (Wildman–Crippen MR) is 144 cm³/mol. The summed E-state index contributed by atoms with van der Waals surface area (Å²) in [4.78, 5) is 30.6. The van der Waals surface area contributed by atoms with Gasteiger partial charge in [0.1, 0.15) is 5.75 Å². The van der Waals surface area contributed by atoms with Crippen molar-refractivity contribution in [2.45, 2.75) is 83.8 Å². The number of hydrogen-bond donors (Lipinski definition) is 2.